The van der Waals surface area contributed by atoms with Crippen LogP contribution < -0.4 is 5.32 Å². The van der Waals surface area contributed by atoms with Gasteiger partial charge in [-0.15, -0.1) is 0 Å². The average Bonchev–Trinajstić information content (AvgIpc) is 2.41. The molecule has 0 aromatic carbocycles. The molecular formula is C12H22F2N2O3. The number of carbonyl (C=O) groups is 1. The van der Waals surface area contributed by atoms with E-state index in [0.717, 1.165) is 12.8 Å². The zero-order chi connectivity index (χ0) is 14.3. The third-order valence-electron chi connectivity index (χ3n) is 3.30. The normalized spacial score (nSPS) is 23.7. The van der Waals surface area contributed by atoms with Crippen LogP contribution in [0.1, 0.15) is 19.3 Å². The number of hydrogen-bond donors (Lipinski definition) is 2. The number of ether oxygens (including phenoxy) is 1. The molecule has 19 heavy (non-hydrogen) atoms. The topological polar surface area (TPSA) is 61.8 Å². The molecule has 1 heterocycles. The molecule has 2 atom stereocenters. The molecule has 0 saturated carbocycles. The Bertz CT molecular complexity index is 280. The van der Waals surface area contributed by atoms with Gasteiger partial charge in [0.15, 0.2) is 0 Å². The van der Waals surface area contributed by atoms with Crippen LogP contribution in [0.5, 0.6) is 0 Å². The number of nitrogens with one attached hydrogen (secondary N) is 1. The number of hydrogen-bond acceptors (Lipinski definition) is 4. The number of amides is 1. The van der Waals surface area contributed by atoms with E-state index in [1.165, 1.54) is 12.0 Å². The number of piperidine rings is 1. The van der Waals surface area contributed by atoms with E-state index in [1.54, 1.807) is 0 Å². The van der Waals surface area contributed by atoms with Crippen LogP contribution in [0.2, 0.25) is 0 Å². The smallest absolute Gasteiger partial charge is 0.409 e. The van der Waals surface area contributed by atoms with E-state index >= 15 is 0 Å². The van der Waals surface area contributed by atoms with Crippen molar-refractivity contribution >= 4 is 6.09 Å². The summed E-state index contributed by atoms with van der Waals surface area (Å²) in [6, 6.07) is -0.148. The highest BCUT2D eigenvalue weighted by Gasteiger charge is 2.30. The Kier molecular flexibility index (Phi) is 7.01. The minimum atomic E-state index is -2.40. The van der Waals surface area contributed by atoms with Crippen LogP contribution in [0.3, 0.4) is 0 Å². The van der Waals surface area contributed by atoms with Crippen molar-refractivity contribution in [3.8, 4) is 0 Å². The summed E-state index contributed by atoms with van der Waals surface area (Å²) in [4.78, 5) is 13.1. The Hall–Kier alpha value is -0.950. The third kappa shape index (κ3) is 5.69. The molecule has 0 radical (unpaired) electrons. The molecule has 2 unspecified atom stereocenters. The summed E-state index contributed by atoms with van der Waals surface area (Å²) in [6.45, 7) is 0.671. The molecule has 0 spiro atoms. The number of alkyl halides is 2. The molecule has 1 aliphatic rings. The summed E-state index contributed by atoms with van der Waals surface area (Å²) < 4.78 is 29.1. The van der Waals surface area contributed by atoms with Crippen molar-refractivity contribution in [1.29, 1.82) is 0 Å². The molecule has 7 heteroatoms. The van der Waals surface area contributed by atoms with Gasteiger partial charge in [-0.25, -0.2) is 13.6 Å². The summed E-state index contributed by atoms with van der Waals surface area (Å²) in [5, 5.41) is 11.6. The van der Waals surface area contributed by atoms with Gasteiger partial charge in [0.1, 0.15) is 0 Å². The Balaban J connectivity index is 2.53. The molecule has 0 aliphatic carbocycles. The minimum absolute atomic E-state index is 0.101. The molecule has 0 bridgehead atoms. The van der Waals surface area contributed by atoms with Crippen molar-refractivity contribution in [2.45, 2.75) is 31.7 Å². The predicted octanol–water partition coefficient (Wildman–Crippen LogP) is 1.07. The zero-order valence-electron chi connectivity index (χ0n) is 11.1. The fraction of sp³-hybridized carbons (Fsp3) is 0.917. The first kappa shape index (κ1) is 16.1. The molecule has 1 rings (SSSR count). The molecule has 1 amide bonds. The Morgan fingerprint density at radius 2 is 2.26 bits per heavy atom. The monoisotopic (exact) mass is 280 g/mol. The molecule has 2 N–H and O–H groups in total. The van der Waals surface area contributed by atoms with Gasteiger partial charge in [-0.05, 0) is 25.2 Å². The third-order valence-corrected chi connectivity index (χ3v) is 3.30. The number of methoxy groups -OCH3 is 1. The van der Waals surface area contributed by atoms with Gasteiger partial charge in [-0.1, -0.05) is 0 Å². The Morgan fingerprint density at radius 1 is 1.53 bits per heavy atom. The van der Waals surface area contributed by atoms with Crippen molar-refractivity contribution in [1.82, 2.24) is 10.2 Å². The molecule has 112 valence electrons. The first-order valence-electron chi connectivity index (χ1n) is 6.52. The second-order valence-electron chi connectivity index (χ2n) is 4.84. The minimum Gasteiger partial charge on any atom is -0.453 e. The maximum Gasteiger partial charge on any atom is 0.409 e. The van der Waals surface area contributed by atoms with Crippen LogP contribution in [0.4, 0.5) is 13.6 Å². The van der Waals surface area contributed by atoms with E-state index in [9.17, 15) is 13.6 Å². The molecule has 5 nitrogen and oxygen atoms in total. The van der Waals surface area contributed by atoms with Gasteiger partial charge in [0.2, 0.25) is 0 Å². The summed E-state index contributed by atoms with van der Waals surface area (Å²) in [5.74, 6) is 0.204. The van der Waals surface area contributed by atoms with E-state index < -0.39 is 12.5 Å². The number of halogens is 2. The first-order valence-corrected chi connectivity index (χ1v) is 6.52. The van der Waals surface area contributed by atoms with Crippen molar-refractivity contribution in [2.75, 3.05) is 33.4 Å². The number of aliphatic hydroxyl groups excluding tert-OH is 1. The molecular weight excluding hydrogens is 258 g/mol. The van der Waals surface area contributed by atoms with Gasteiger partial charge in [-0.2, -0.15) is 0 Å². The van der Waals surface area contributed by atoms with E-state index in [1.807, 2.05) is 0 Å². The highest BCUT2D eigenvalue weighted by atomic mass is 19.3. The van der Waals surface area contributed by atoms with Crippen LogP contribution in [-0.4, -0.2) is 61.9 Å². The largest absolute Gasteiger partial charge is 0.453 e. The number of carbonyl (C=O) groups excluding carboxylic acids is 1. The summed E-state index contributed by atoms with van der Waals surface area (Å²) in [5.41, 5.74) is 0. The van der Waals surface area contributed by atoms with E-state index in [0.29, 0.717) is 19.5 Å². The fourth-order valence-corrected chi connectivity index (χ4v) is 2.47. The van der Waals surface area contributed by atoms with Crippen molar-refractivity contribution < 1.29 is 23.4 Å². The van der Waals surface area contributed by atoms with Crippen LogP contribution in [0, 0.1) is 5.92 Å². The molecule has 0 aromatic heterocycles. The van der Waals surface area contributed by atoms with Gasteiger partial charge in [0, 0.05) is 25.7 Å². The quantitative estimate of drug-likeness (QED) is 0.764. The van der Waals surface area contributed by atoms with Crippen LogP contribution >= 0.6 is 0 Å². The standard InChI is InChI=1S/C12H22F2N2O3/c1-19-12(18)16-7-9(3-2-4-17)5-10(8-16)15-6-11(13)14/h9-11,15,17H,2-8H2,1H3. The number of nitrogens with zero attached hydrogens (tertiary/aromatic N) is 1. The lowest BCUT2D eigenvalue weighted by Gasteiger charge is -2.37. The maximum atomic E-state index is 12.2. The Morgan fingerprint density at radius 3 is 2.84 bits per heavy atom. The first-order chi connectivity index (χ1) is 9.06. The number of likely N-dealkylation sites (tertiary alicyclic amines) is 1. The highest BCUT2D eigenvalue weighted by Crippen LogP contribution is 2.22. The fourth-order valence-electron chi connectivity index (χ4n) is 2.47. The summed E-state index contributed by atoms with van der Waals surface area (Å²) in [7, 11) is 1.31. The Labute approximate surface area is 111 Å². The second kappa shape index (κ2) is 8.27. The van der Waals surface area contributed by atoms with Crippen LogP contribution in [-0.2, 0) is 4.74 Å². The van der Waals surface area contributed by atoms with E-state index in [-0.39, 0.29) is 25.1 Å². The van der Waals surface area contributed by atoms with Crippen molar-refractivity contribution in [2.24, 2.45) is 5.92 Å². The van der Waals surface area contributed by atoms with Crippen molar-refractivity contribution in [3.05, 3.63) is 0 Å². The second-order valence-corrected chi connectivity index (χ2v) is 4.84. The average molecular weight is 280 g/mol. The SMILES string of the molecule is COC(=O)N1CC(CCCO)CC(NCC(F)F)C1. The lowest BCUT2D eigenvalue weighted by Crippen LogP contribution is -2.52. The van der Waals surface area contributed by atoms with Gasteiger partial charge < -0.3 is 20.1 Å². The predicted molar refractivity (Wildman–Crippen MR) is 66.2 cm³/mol. The summed E-state index contributed by atoms with van der Waals surface area (Å²) >= 11 is 0. The van der Waals surface area contributed by atoms with Gasteiger partial charge in [0.05, 0.1) is 13.7 Å². The van der Waals surface area contributed by atoms with E-state index in [2.05, 4.69) is 10.1 Å². The highest BCUT2D eigenvalue weighted by molar-refractivity contribution is 5.67. The number of rotatable bonds is 6. The van der Waals surface area contributed by atoms with Crippen LogP contribution in [0.15, 0.2) is 0 Å². The zero-order valence-corrected chi connectivity index (χ0v) is 11.1. The molecule has 1 aliphatic heterocycles. The van der Waals surface area contributed by atoms with E-state index in [4.69, 9.17) is 5.11 Å². The van der Waals surface area contributed by atoms with Gasteiger partial charge >= 0.3 is 6.09 Å². The summed E-state index contributed by atoms with van der Waals surface area (Å²) in [6.07, 6.45) is -0.667. The molecule has 0 aromatic rings. The molecule has 1 saturated heterocycles. The van der Waals surface area contributed by atoms with Gasteiger partial charge in [-0.3, -0.25) is 0 Å². The van der Waals surface area contributed by atoms with Crippen molar-refractivity contribution in [3.63, 3.8) is 0 Å². The maximum absolute atomic E-state index is 12.2. The van der Waals surface area contributed by atoms with Gasteiger partial charge in [0.25, 0.3) is 6.43 Å². The lowest BCUT2D eigenvalue weighted by atomic mass is 9.90. The number of aliphatic hydroxyl groups is 1. The molecule has 1 fully saturated rings. The lowest BCUT2D eigenvalue weighted by molar-refractivity contribution is 0.0806. The van der Waals surface area contributed by atoms with Crippen LogP contribution in [0.25, 0.3) is 0 Å².